The second-order valence-electron chi connectivity index (χ2n) is 3.67. The summed E-state index contributed by atoms with van der Waals surface area (Å²) in [6, 6.07) is 0. The number of rotatable bonds is 2. The Labute approximate surface area is 84.3 Å². The number of aromatic nitrogens is 3. The molecule has 2 heterocycles. The Hall–Kier alpha value is -1.11. The lowest BCUT2D eigenvalue weighted by molar-refractivity contribution is -0.144. The molecule has 15 heavy (non-hydrogen) atoms. The van der Waals surface area contributed by atoms with Gasteiger partial charge in [0.05, 0.1) is 0 Å². The van der Waals surface area contributed by atoms with Gasteiger partial charge in [-0.2, -0.15) is 13.2 Å². The van der Waals surface area contributed by atoms with Crippen LogP contribution in [0.1, 0.15) is 18.1 Å². The molecule has 0 aliphatic carbocycles. The molecule has 2 N–H and O–H groups in total. The molecule has 84 valence electrons. The van der Waals surface area contributed by atoms with Gasteiger partial charge >= 0.3 is 6.18 Å². The van der Waals surface area contributed by atoms with E-state index in [1.54, 1.807) is 0 Å². The Morgan fingerprint density at radius 1 is 1.40 bits per heavy atom. The Bertz CT molecular complexity index is 327. The van der Waals surface area contributed by atoms with Crippen molar-refractivity contribution < 1.29 is 13.2 Å². The van der Waals surface area contributed by atoms with Gasteiger partial charge in [0, 0.05) is 6.42 Å². The highest BCUT2D eigenvalue weighted by molar-refractivity contribution is 4.96. The lowest BCUT2D eigenvalue weighted by atomic mass is 10.1. The van der Waals surface area contributed by atoms with Gasteiger partial charge in [-0.25, -0.2) is 4.98 Å². The molecule has 1 aromatic rings. The quantitative estimate of drug-likeness (QED) is 0.781. The molecule has 0 spiro atoms. The van der Waals surface area contributed by atoms with Crippen molar-refractivity contribution in [1.29, 1.82) is 0 Å². The number of nitrogens with one attached hydrogen (secondary N) is 2. The van der Waals surface area contributed by atoms with Crippen LogP contribution in [0, 0.1) is 5.92 Å². The van der Waals surface area contributed by atoms with Gasteiger partial charge < -0.3 is 5.32 Å². The Morgan fingerprint density at radius 2 is 2.20 bits per heavy atom. The van der Waals surface area contributed by atoms with E-state index < -0.39 is 12.0 Å². The molecule has 1 saturated heterocycles. The van der Waals surface area contributed by atoms with Crippen LogP contribution in [0.5, 0.6) is 0 Å². The number of nitrogens with zero attached hydrogens (tertiary/aromatic N) is 2. The highest BCUT2D eigenvalue weighted by Gasteiger charge is 2.36. The minimum Gasteiger partial charge on any atom is -0.316 e. The number of H-pyrrole nitrogens is 1. The van der Waals surface area contributed by atoms with Crippen LogP contribution in [-0.2, 0) is 12.6 Å². The maximum absolute atomic E-state index is 12.2. The summed E-state index contributed by atoms with van der Waals surface area (Å²) in [4.78, 5) is 3.43. The fourth-order valence-corrected chi connectivity index (χ4v) is 1.68. The van der Waals surface area contributed by atoms with Crippen LogP contribution in [0.3, 0.4) is 0 Å². The number of halogens is 3. The molecule has 2 rings (SSSR count). The summed E-state index contributed by atoms with van der Waals surface area (Å²) in [7, 11) is 0. The fraction of sp³-hybridized carbons (Fsp3) is 0.750. The molecule has 0 bridgehead atoms. The van der Waals surface area contributed by atoms with E-state index in [4.69, 9.17) is 0 Å². The summed E-state index contributed by atoms with van der Waals surface area (Å²) in [6.07, 6.45) is -2.96. The number of hydrogen-bond acceptors (Lipinski definition) is 3. The highest BCUT2D eigenvalue weighted by atomic mass is 19.4. The van der Waals surface area contributed by atoms with Gasteiger partial charge in [-0.1, -0.05) is 0 Å². The van der Waals surface area contributed by atoms with Gasteiger partial charge in [-0.05, 0) is 25.4 Å². The van der Waals surface area contributed by atoms with Crippen molar-refractivity contribution in [2.24, 2.45) is 5.92 Å². The zero-order chi connectivity index (χ0) is 10.9. The summed E-state index contributed by atoms with van der Waals surface area (Å²) in [6.45, 7) is 1.76. The Morgan fingerprint density at radius 3 is 2.73 bits per heavy atom. The van der Waals surface area contributed by atoms with Crippen LogP contribution in [0.2, 0.25) is 0 Å². The standard InChI is InChI=1S/C8H11F3N4/c9-8(10,11)7-13-6(14-15-7)3-5-1-2-12-4-5/h5,12H,1-4H2,(H,13,14,15). The van der Waals surface area contributed by atoms with Crippen LogP contribution < -0.4 is 5.32 Å². The third-order valence-corrected chi connectivity index (χ3v) is 2.43. The molecule has 0 saturated carbocycles. The largest absolute Gasteiger partial charge is 0.453 e. The van der Waals surface area contributed by atoms with E-state index in [0.29, 0.717) is 18.2 Å². The van der Waals surface area contributed by atoms with E-state index in [9.17, 15) is 13.2 Å². The van der Waals surface area contributed by atoms with Gasteiger partial charge in [-0.15, -0.1) is 5.10 Å². The zero-order valence-corrected chi connectivity index (χ0v) is 7.93. The molecule has 0 amide bonds. The SMILES string of the molecule is FC(F)(F)c1n[nH]c(CC2CCNC2)n1. The van der Waals surface area contributed by atoms with Crippen LogP contribution in [0.4, 0.5) is 13.2 Å². The van der Waals surface area contributed by atoms with Gasteiger partial charge in [0.1, 0.15) is 5.82 Å². The minimum atomic E-state index is -4.46. The van der Waals surface area contributed by atoms with Gasteiger partial charge in [0.15, 0.2) is 0 Å². The van der Waals surface area contributed by atoms with Crippen molar-refractivity contribution in [3.8, 4) is 0 Å². The van der Waals surface area contributed by atoms with Gasteiger partial charge in [0.2, 0.25) is 0 Å². The molecular weight excluding hydrogens is 209 g/mol. The summed E-state index contributed by atoms with van der Waals surface area (Å²) < 4.78 is 36.5. The van der Waals surface area contributed by atoms with Crippen molar-refractivity contribution in [3.63, 3.8) is 0 Å². The Kier molecular flexibility index (Phi) is 2.64. The average molecular weight is 220 g/mol. The van der Waals surface area contributed by atoms with Crippen molar-refractivity contribution >= 4 is 0 Å². The average Bonchev–Trinajstić information content (AvgIpc) is 2.73. The molecule has 1 aliphatic heterocycles. The second-order valence-corrected chi connectivity index (χ2v) is 3.67. The van der Waals surface area contributed by atoms with Crippen molar-refractivity contribution in [3.05, 3.63) is 11.6 Å². The molecular formula is C8H11F3N4. The first kappa shape index (κ1) is 10.4. The molecule has 7 heteroatoms. The molecule has 0 aromatic carbocycles. The van der Waals surface area contributed by atoms with E-state index in [0.717, 1.165) is 19.5 Å². The number of alkyl halides is 3. The van der Waals surface area contributed by atoms with E-state index in [1.807, 2.05) is 0 Å². The summed E-state index contributed by atoms with van der Waals surface area (Å²) in [5.41, 5.74) is 0. The highest BCUT2D eigenvalue weighted by Crippen LogP contribution is 2.26. The van der Waals surface area contributed by atoms with Gasteiger partial charge in [0.25, 0.3) is 5.82 Å². The molecule has 1 aliphatic rings. The van der Waals surface area contributed by atoms with Crippen LogP contribution in [-0.4, -0.2) is 28.3 Å². The summed E-state index contributed by atoms with van der Waals surface area (Å²) in [5, 5.41) is 8.62. The minimum absolute atomic E-state index is 0.316. The molecule has 1 atom stereocenters. The third kappa shape index (κ3) is 2.47. The van der Waals surface area contributed by atoms with Gasteiger partial charge in [-0.3, -0.25) is 5.10 Å². The predicted octanol–water partition coefficient (Wildman–Crippen LogP) is 0.975. The number of aromatic amines is 1. The van der Waals surface area contributed by atoms with Crippen LogP contribution in [0.15, 0.2) is 0 Å². The lowest BCUT2D eigenvalue weighted by Crippen LogP contribution is -2.11. The van der Waals surface area contributed by atoms with E-state index in [1.165, 1.54) is 0 Å². The third-order valence-electron chi connectivity index (χ3n) is 2.43. The first-order valence-corrected chi connectivity index (χ1v) is 4.75. The van der Waals surface area contributed by atoms with Crippen LogP contribution in [0.25, 0.3) is 0 Å². The first-order chi connectivity index (χ1) is 7.05. The molecule has 4 nitrogen and oxygen atoms in total. The zero-order valence-electron chi connectivity index (χ0n) is 7.93. The summed E-state index contributed by atoms with van der Waals surface area (Å²) in [5.74, 6) is -0.404. The van der Waals surface area contributed by atoms with E-state index in [-0.39, 0.29) is 0 Å². The van der Waals surface area contributed by atoms with Crippen molar-refractivity contribution in [2.75, 3.05) is 13.1 Å². The van der Waals surface area contributed by atoms with Crippen molar-refractivity contribution in [2.45, 2.75) is 19.0 Å². The predicted molar refractivity (Wildman–Crippen MR) is 46.1 cm³/mol. The second kappa shape index (κ2) is 3.80. The molecule has 0 radical (unpaired) electrons. The lowest BCUT2D eigenvalue weighted by Gasteiger charge is -2.03. The first-order valence-electron chi connectivity index (χ1n) is 4.75. The smallest absolute Gasteiger partial charge is 0.316 e. The number of hydrogen-bond donors (Lipinski definition) is 2. The molecule has 1 unspecified atom stereocenters. The van der Waals surface area contributed by atoms with Crippen molar-refractivity contribution in [1.82, 2.24) is 20.5 Å². The topological polar surface area (TPSA) is 53.6 Å². The summed E-state index contributed by atoms with van der Waals surface area (Å²) >= 11 is 0. The van der Waals surface area contributed by atoms with Crippen LogP contribution >= 0.6 is 0 Å². The molecule has 1 fully saturated rings. The Balaban J connectivity index is 2.00. The maximum atomic E-state index is 12.2. The fourth-order valence-electron chi connectivity index (χ4n) is 1.68. The maximum Gasteiger partial charge on any atom is 0.453 e. The molecule has 1 aromatic heterocycles. The monoisotopic (exact) mass is 220 g/mol. The van der Waals surface area contributed by atoms with E-state index >= 15 is 0 Å². The normalized spacial score (nSPS) is 22.2. The van der Waals surface area contributed by atoms with E-state index in [2.05, 4.69) is 20.5 Å².